The van der Waals surface area contributed by atoms with Gasteiger partial charge in [-0.25, -0.2) is 18.2 Å². The maximum atomic E-state index is 16.2. The number of ketones is 1. The molecule has 2 N–H and O–H groups in total. The predicted octanol–water partition coefficient (Wildman–Crippen LogP) is 6.74. The van der Waals surface area contributed by atoms with Crippen LogP contribution in [0.3, 0.4) is 0 Å². The number of methoxy groups -OCH3 is 1. The first kappa shape index (κ1) is 30.8. The Morgan fingerprint density at radius 1 is 1.15 bits per heavy atom. The monoisotopic (exact) mass is 627 g/mol. The first-order valence-corrected chi connectivity index (χ1v) is 14.7. The SMILES string of the molecule is C=Cc1cc(C(=O)c2cc(F)c(NC(=O)/C=C/CNC3(C)CC3)c(F)c2)n2cccc(-c3c(OC)cc4c(nc(C)n4C)c3F)c12. The van der Waals surface area contributed by atoms with E-state index in [1.54, 1.807) is 49.0 Å². The average molecular weight is 628 g/mol. The van der Waals surface area contributed by atoms with Gasteiger partial charge in [0.05, 0.1) is 29.4 Å². The molecule has 3 aromatic heterocycles. The molecule has 3 heterocycles. The van der Waals surface area contributed by atoms with Crippen LogP contribution >= 0.6 is 0 Å². The topological polar surface area (TPSA) is 89.7 Å². The highest BCUT2D eigenvalue weighted by molar-refractivity contribution is 6.11. The third kappa shape index (κ3) is 5.36. The van der Waals surface area contributed by atoms with Crippen LogP contribution in [0.5, 0.6) is 5.75 Å². The van der Waals surface area contributed by atoms with Crippen molar-refractivity contribution in [2.24, 2.45) is 7.05 Å². The standard InChI is InChI=1S/C35H32F3N5O3/c1-6-20-17-26(34(45)21-15-23(36)31(24(37)16-21)41-28(44)10-7-13-39-35(3)11-12-35)43-14-8-9-22(33(20)43)29-27(46-5)18-25-32(30(29)38)40-19(2)42(25)4/h6-10,14-18,39H,1,11-13H2,2-5H3,(H,41,44)/b10-7+. The third-order valence-electron chi connectivity index (χ3n) is 8.53. The fourth-order valence-electron chi connectivity index (χ4n) is 5.58. The number of pyridine rings is 1. The number of benzene rings is 2. The zero-order valence-corrected chi connectivity index (χ0v) is 25.8. The molecule has 5 aromatic rings. The number of nitrogens with zero attached hydrogens (tertiary/aromatic N) is 3. The van der Waals surface area contributed by atoms with Gasteiger partial charge in [0.1, 0.15) is 34.4 Å². The van der Waals surface area contributed by atoms with E-state index in [0.717, 1.165) is 25.0 Å². The Bertz CT molecular complexity index is 2080. The highest BCUT2D eigenvalue weighted by Gasteiger charge is 2.35. The molecule has 1 fully saturated rings. The first-order chi connectivity index (χ1) is 22.0. The van der Waals surface area contributed by atoms with Gasteiger partial charge in [-0.3, -0.25) is 9.59 Å². The van der Waals surface area contributed by atoms with Gasteiger partial charge in [0.15, 0.2) is 5.82 Å². The zero-order valence-electron chi connectivity index (χ0n) is 25.8. The summed E-state index contributed by atoms with van der Waals surface area (Å²) in [5, 5.41) is 5.48. The molecule has 0 unspecified atom stereocenters. The smallest absolute Gasteiger partial charge is 0.248 e. The molecule has 236 valence electrons. The molecule has 2 aromatic carbocycles. The highest BCUT2D eigenvalue weighted by atomic mass is 19.1. The largest absolute Gasteiger partial charge is 0.496 e. The fraction of sp³-hybridized carbons (Fsp3) is 0.229. The predicted molar refractivity (Wildman–Crippen MR) is 172 cm³/mol. The van der Waals surface area contributed by atoms with E-state index in [4.69, 9.17) is 4.74 Å². The lowest BCUT2D eigenvalue weighted by molar-refractivity contribution is -0.112. The van der Waals surface area contributed by atoms with E-state index in [1.165, 1.54) is 29.7 Å². The third-order valence-corrected chi connectivity index (χ3v) is 8.53. The Labute approximate surface area is 263 Å². The van der Waals surface area contributed by atoms with Crippen molar-refractivity contribution >= 4 is 40.0 Å². The number of fused-ring (bicyclic) bond motifs is 2. The molecular formula is C35H32F3N5O3. The Morgan fingerprint density at radius 2 is 1.87 bits per heavy atom. The minimum absolute atomic E-state index is 0.0660. The van der Waals surface area contributed by atoms with Crippen LogP contribution in [-0.2, 0) is 11.8 Å². The van der Waals surface area contributed by atoms with E-state index in [-0.39, 0.29) is 33.6 Å². The minimum Gasteiger partial charge on any atom is -0.496 e. The summed E-state index contributed by atoms with van der Waals surface area (Å²) in [6.45, 7) is 8.15. The van der Waals surface area contributed by atoms with Gasteiger partial charge in [0.25, 0.3) is 0 Å². The molecule has 11 heteroatoms. The van der Waals surface area contributed by atoms with Crippen molar-refractivity contribution in [3.05, 3.63) is 101 Å². The van der Waals surface area contributed by atoms with Crippen LogP contribution in [0.25, 0.3) is 33.8 Å². The summed E-state index contributed by atoms with van der Waals surface area (Å²) in [6, 6.07) is 8.29. The molecule has 1 aliphatic rings. The summed E-state index contributed by atoms with van der Waals surface area (Å²) in [5.74, 6) is -3.34. The minimum atomic E-state index is -1.11. The van der Waals surface area contributed by atoms with Gasteiger partial charge < -0.3 is 24.3 Å². The number of aromatic nitrogens is 3. The maximum Gasteiger partial charge on any atom is 0.248 e. The molecule has 0 aliphatic heterocycles. The van der Waals surface area contributed by atoms with E-state index >= 15 is 13.2 Å². The Hall–Kier alpha value is -5.16. The normalized spacial score (nSPS) is 13.9. The van der Waals surface area contributed by atoms with E-state index in [1.807, 2.05) is 0 Å². The lowest BCUT2D eigenvalue weighted by Gasteiger charge is -2.14. The molecule has 0 bridgehead atoms. The van der Waals surface area contributed by atoms with Crippen molar-refractivity contribution in [2.75, 3.05) is 19.0 Å². The molecule has 6 rings (SSSR count). The number of ether oxygens (including phenoxy) is 1. The summed E-state index contributed by atoms with van der Waals surface area (Å²) in [4.78, 5) is 30.4. The van der Waals surface area contributed by atoms with Gasteiger partial charge in [-0.15, -0.1) is 0 Å². The Kier molecular flexibility index (Phi) is 7.81. The van der Waals surface area contributed by atoms with Crippen molar-refractivity contribution < 1.29 is 27.5 Å². The zero-order chi connectivity index (χ0) is 32.9. The highest BCUT2D eigenvalue weighted by Crippen LogP contribution is 2.41. The number of amides is 1. The van der Waals surface area contributed by atoms with E-state index in [0.29, 0.717) is 34.5 Å². The number of aryl methyl sites for hydroxylation is 2. The van der Waals surface area contributed by atoms with Gasteiger partial charge in [-0.1, -0.05) is 24.8 Å². The molecule has 1 saturated carbocycles. The Morgan fingerprint density at radius 3 is 2.52 bits per heavy atom. The van der Waals surface area contributed by atoms with Crippen molar-refractivity contribution in [1.82, 2.24) is 19.3 Å². The second-order valence-corrected chi connectivity index (χ2v) is 11.7. The number of carbonyl (C=O) groups is 2. The van der Waals surface area contributed by atoms with Crippen molar-refractivity contribution in [3.8, 4) is 16.9 Å². The summed E-state index contributed by atoms with van der Waals surface area (Å²) >= 11 is 0. The summed E-state index contributed by atoms with van der Waals surface area (Å²) < 4.78 is 55.3. The number of carbonyl (C=O) groups excluding carboxylic acids is 2. The van der Waals surface area contributed by atoms with Gasteiger partial charge in [0, 0.05) is 54.2 Å². The van der Waals surface area contributed by atoms with Crippen LogP contribution in [0.4, 0.5) is 18.9 Å². The summed E-state index contributed by atoms with van der Waals surface area (Å²) in [7, 11) is 3.22. The number of imidazole rings is 1. The second-order valence-electron chi connectivity index (χ2n) is 11.7. The van der Waals surface area contributed by atoms with Crippen LogP contribution < -0.4 is 15.4 Å². The molecular weight excluding hydrogens is 595 g/mol. The number of rotatable bonds is 10. The molecule has 46 heavy (non-hydrogen) atoms. The lowest BCUT2D eigenvalue weighted by atomic mass is 10.0. The van der Waals surface area contributed by atoms with Crippen molar-refractivity contribution in [3.63, 3.8) is 0 Å². The van der Waals surface area contributed by atoms with Crippen LogP contribution in [0.15, 0.2) is 61.3 Å². The van der Waals surface area contributed by atoms with E-state index < -0.39 is 34.8 Å². The quantitative estimate of drug-likeness (QED) is 0.132. The van der Waals surface area contributed by atoms with Crippen LogP contribution in [0, 0.1) is 24.4 Å². The van der Waals surface area contributed by atoms with Crippen LogP contribution in [0.2, 0.25) is 0 Å². The number of anilines is 1. The number of hydrogen-bond donors (Lipinski definition) is 2. The molecule has 8 nitrogen and oxygen atoms in total. The molecule has 0 spiro atoms. The number of hydrogen-bond acceptors (Lipinski definition) is 5. The average Bonchev–Trinajstić information content (AvgIpc) is 3.54. The van der Waals surface area contributed by atoms with E-state index in [9.17, 15) is 9.59 Å². The molecule has 0 radical (unpaired) electrons. The summed E-state index contributed by atoms with van der Waals surface area (Å²) in [5.41, 5.74) is 1.39. The fourth-order valence-corrected chi connectivity index (χ4v) is 5.58. The molecule has 0 atom stereocenters. The van der Waals surface area contributed by atoms with Gasteiger partial charge in [0.2, 0.25) is 11.7 Å². The van der Waals surface area contributed by atoms with Gasteiger partial charge in [-0.05, 0) is 51.0 Å². The van der Waals surface area contributed by atoms with Crippen LogP contribution in [0.1, 0.15) is 47.2 Å². The molecule has 0 saturated heterocycles. The maximum absolute atomic E-state index is 16.2. The van der Waals surface area contributed by atoms with Crippen molar-refractivity contribution in [2.45, 2.75) is 32.2 Å². The number of nitrogens with one attached hydrogen (secondary N) is 2. The molecule has 1 aliphatic carbocycles. The molecule has 1 amide bonds. The first-order valence-electron chi connectivity index (χ1n) is 14.7. The second kappa shape index (κ2) is 11.6. The number of halogens is 3. The van der Waals surface area contributed by atoms with Gasteiger partial charge >= 0.3 is 0 Å². The lowest BCUT2D eigenvalue weighted by Crippen LogP contribution is -2.27. The summed E-state index contributed by atoms with van der Waals surface area (Å²) in [6.07, 6.45) is 7.99. The Balaban J connectivity index is 1.36. The van der Waals surface area contributed by atoms with E-state index in [2.05, 4.69) is 29.1 Å². The van der Waals surface area contributed by atoms with Crippen molar-refractivity contribution in [1.29, 1.82) is 0 Å². The van der Waals surface area contributed by atoms with Gasteiger partial charge in [-0.2, -0.15) is 0 Å². The van der Waals surface area contributed by atoms with Crippen LogP contribution in [-0.4, -0.2) is 44.8 Å².